The molecule has 0 spiro atoms. The maximum absolute atomic E-state index is 5.93. The Balaban J connectivity index is 2.31. The maximum atomic E-state index is 5.93. The van der Waals surface area contributed by atoms with Gasteiger partial charge in [-0.05, 0) is 42.5 Å². The van der Waals surface area contributed by atoms with Crippen LogP contribution in [0.25, 0.3) is 0 Å². The molecule has 21 heavy (non-hydrogen) atoms. The Morgan fingerprint density at radius 1 is 1.33 bits per heavy atom. The number of rotatable bonds is 6. The van der Waals surface area contributed by atoms with E-state index in [1.165, 1.54) is 5.56 Å². The Morgan fingerprint density at radius 3 is 2.67 bits per heavy atom. The van der Waals surface area contributed by atoms with Crippen molar-refractivity contribution in [2.45, 2.75) is 24.8 Å². The summed E-state index contributed by atoms with van der Waals surface area (Å²) in [6.45, 7) is 4.23. The van der Waals surface area contributed by atoms with Gasteiger partial charge in [-0.15, -0.1) is 11.8 Å². The standard InChI is InChI=1S/C16H19N3S2/c1-3-21-14-6-4-5-13(15(14)16(17)20)19-11(2)12-7-9-18-10-8-12/h4-11,19H,3H2,1-2H3,(H2,17,20). The monoisotopic (exact) mass is 317 g/mol. The fourth-order valence-electron chi connectivity index (χ4n) is 2.15. The number of hydrogen-bond acceptors (Lipinski definition) is 4. The van der Waals surface area contributed by atoms with Crippen molar-refractivity contribution in [1.82, 2.24) is 4.98 Å². The molecule has 1 aromatic carbocycles. The van der Waals surface area contributed by atoms with E-state index in [2.05, 4.69) is 30.2 Å². The lowest BCUT2D eigenvalue weighted by molar-refractivity contribution is 0.879. The molecule has 3 nitrogen and oxygen atoms in total. The average molecular weight is 317 g/mol. The van der Waals surface area contributed by atoms with Crippen LogP contribution in [-0.4, -0.2) is 15.7 Å². The van der Waals surface area contributed by atoms with Crippen molar-refractivity contribution in [2.75, 3.05) is 11.1 Å². The molecule has 1 heterocycles. The molecule has 0 aliphatic carbocycles. The first-order valence-electron chi connectivity index (χ1n) is 6.85. The highest BCUT2D eigenvalue weighted by atomic mass is 32.2. The number of nitrogens with two attached hydrogens (primary N) is 1. The van der Waals surface area contributed by atoms with Crippen LogP contribution in [0.3, 0.4) is 0 Å². The van der Waals surface area contributed by atoms with E-state index in [0.29, 0.717) is 4.99 Å². The minimum Gasteiger partial charge on any atom is -0.389 e. The van der Waals surface area contributed by atoms with Gasteiger partial charge in [0.05, 0.1) is 0 Å². The van der Waals surface area contributed by atoms with Crippen molar-refractivity contribution >= 4 is 34.7 Å². The van der Waals surface area contributed by atoms with E-state index < -0.39 is 0 Å². The third-order valence-electron chi connectivity index (χ3n) is 3.15. The summed E-state index contributed by atoms with van der Waals surface area (Å²) >= 11 is 6.99. The highest BCUT2D eigenvalue weighted by molar-refractivity contribution is 7.99. The number of anilines is 1. The number of thiocarbonyl (C=S) groups is 1. The van der Waals surface area contributed by atoms with Crippen LogP contribution < -0.4 is 11.1 Å². The number of nitrogens with zero attached hydrogens (tertiary/aromatic N) is 1. The van der Waals surface area contributed by atoms with E-state index in [9.17, 15) is 0 Å². The topological polar surface area (TPSA) is 50.9 Å². The largest absolute Gasteiger partial charge is 0.389 e. The van der Waals surface area contributed by atoms with Crippen molar-refractivity contribution < 1.29 is 0 Å². The van der Waals surface area contributed by atoms with Gasteiger partial charge >= 0.3 is 0 Å². The quantitative estimate of drug-likeness (QED) is 0.623. The predicted octanol–water partition coefficient (Wildman–Crippen LogP) is 4.00. The summed E-state index contributed by atoms with van der Waals surface area (Å²) in [5.41, 5.74) is 9.01. The van der Waals surface area contributed by atoms with Crippen LogP contribution >= 0.6 is 24.0 Å². The molecule has 1 atom stereocenters. The Bertz CT molecular complexity index is 614. The predicted molar refractivity (Wildman–Crippen MR) is 95.0 cm³/mol. The van der Waals surface area contributed by atoms with Crippen molar-refractivity contribution in [2.24, 2.45) is 5.73 Å². The second-order valence-electron chi connectivity index (χ2n) is 4.62. The normalized spacial score (nSPS) is 11.9. The van der Waals surface area contributed by atoms with E-state index in [1.807, 2.05) is 24.3 Å². The zero-order chi connectivity index (χ0) is 15.2. The Labute approximate surface area is 135 Å². The number of benzene rings is 1. The number of nitrogens with one attached hydrogen (secondary N) is 1. The van der Waals surface area contributed by atoms with Crippen LogP contribution in [0.15, 0.2) is 47.6 Å². The fourth-order valence-corrected chi connectivity index (χ4v) is 3.28. The van der Waals surface area contributed by atoms with Gasteiger partial charge < -0.3 is 11.1 Å². The lowest BCUT2D eigenvalue weighted by Crippen LogP contribution is -2.16. The summed E-state index contributed by atoms with van der Waals surface area (Å²) < 4.78 is 0. The molecule has 110 valence electrons. The van der Waals surface area contributed by atoms with Gasteiger partial charge in [0.1, 0.15) is 4.99 Å². The van der Waals surface area contributed by atoms with Gasteiger partial charge in [-0.25, -0.2) is 0 Å². The molecular formula is C16H19N3S2. The molecule has 0 radical (unpaired) electrons. The van der Waals surface area contributed by atoms with E-state index in [4.69, 9.17) is 18.0 Å². The highest BCUT2D eigenvalue weighted by Crippen LogP contribution is 2.30. The smallest absolute Gasteiger partial charge is 0.107 e. The van der Waals surface area contributed by atoms with E-state index in [0.717, 1.165) is 21.9 Å². The van der Waals surface area contributed by atoms with Gasteiger partial charge in [0.2, 0.25) is 0 Å². The minimum absolute atomic E-state index is 0.156. The van der Waals surface area contributed by atoms with Gasteiger partial charge in [-0.3, -0.25) is 4.98 Å². The van der Waals surface area contributed by atoms with Crippen molar-refractivity contribution in [1.29, 1.82) is 0 Å². The summed E-state index contributed by atoms with van der Waals surface area (Å²) in [4.78, 5) is 5.60. The van der Waals surface area contributed by atoms with Crippen molar-refractivity contribution in [3.05, 3.63) is 53.9 Å². The molecule has 1 unspecified atom stereocenters. The first-order valence-corrected chi connectivity index (χ1v) is 8.25. The molecule has 2 rings (SSSR count). The zero-order valence-corrected chi connectivity index (χ0v) is 13.8. The minimum atomic E-state index is 0.156. The van der Waals surface area contributed by atoms with Gasteiger partial charge in [-0.1, -0.05) is 25.2 Å². The summed E-state index contributed by atoms with van der Waals surface area (Å²) in [5, 5.41) is 3.50. The molecule has 0 aliphatic heterocycles. The zero-order valence-electron chi connectivity index (χ0n) is 12.2. The summed E-state index contributed by atoms with van der Waals surface area (Å²) in [7, 11) is 0. The fraction of sp³-hybridized carbons (Fsp3) is 0.250. The Morgan fingerprint density at radius 2 is 2.05 bits per heavy atom. The second kappa shape index (κ2) is 7.43. The average Bonchev–Trinajstić information content (AvgIpc) is 2.48. The molecular weight excluding hydrogens is 298 g/mol. The molecule has 1 aromatic heterocycles. The highest BCUT2D eigenvalue weighted by Gasteiger charge is 2.13. The Kier molecular flexibility index (Phi) is 5.59. The third kappa shape index (κ3) is 3.95. The van der Waals surface area contributed by atoms with Gasteiger partial charge in [0.15, 0.2) is 0 Å². The molecule has 5 heteroatoms. The molecule has 0 saturated carbocycles. The van der Waals surface area contributed by atoms with Gasteiger partial charge in [-0.2, -0.15) is 0 Å². The molecule has 0 aliphatic rings. The number of pyridine rings is 1. The first kappa shape index (κ1) is 15.8. The van der Waals surface area contributed by atoms with Crippen molar-refractivity contribution in [3.8, 4) is 0 Å². The summed E-state index contributed by atoms with van der Waals surface area (Å²) in [5.74, 6) is 0.985. The van der Waals surface area contributed by atoms with E-state index >= 15 is 0 Å². The van der Waals surface area contributed by atoms with E-state index in [1.54, 1.807) is 24.2 Å². The number of thioether (sulfide) groups is 1. The van der Waals surface area contributed by atoms with Crippen LogP contribution in [0.5, 0.6) is 0 Å². The number of hydrogen-bond donors (Lipinski definition) is 2. The summed E-state index contributed by atoms with van der Waals surface area (Å²) in [6, 6.07) is 10.3. The lowest BCUT2D eigenvalue weighted by Gasteiger charge is -2.19. The van der Waals surface area contributed by atoms with Gasteiger partial charge in [0, 0.05) is 34.6 Å². The van der Waals surface area contributed by atoms with Crippen LogP contribution in [0.2, 0.25) is 0 Å². The Hall–Kier alpha value is -1.59. The van der Waals surface area contributed by atoms with Crippen LogP contribution in [0.4, 0.5) is 5.69 Å². The molecule has 3 N–H and O–H groups in total. The molecule has 0 amide bonds. The van der Waals surface area contributed by atoms with Crippen LogP contribution in [0, 0.1) is 0 Å². The number of aromatic nitrogens is 1. The third-order valence-corrected chi connectivity index (χ3v) is 4.29. The second-order valence-corrected chi connectivity index (χ2v) is 6.37. The molecule has 0 fully saturated rings. The molecule has 0 saturated heterocycles. The SMILES string of the molecule is CCSc1cccc(NC(C)c2ccncc2)c1C(N)=S. The van der Waals surface area contributed by atoms with Crippen LogP contribution in [-0.2, 0) is 0 Å². The van der Waals surface area contributed by atoms with Crippen molar-refractivity contribution in [3.63, 3.8) is 0 Å². The first-order chi connectivity index (χ1) is 10.1. The van der Waals surface area contributed by atoms with E-state index in [-0.39, 0.29) is 6.04 Å². The molecule has 2 aromatic rings. The molecule has 0 bridgehead atoms. The van der Waals surface area contributed by atoms with Gasteiger partial charge in [0.25, 0.3) is 0 Å². The summed E-state index contributed by atoms with van der Waals surface area (Å²) in [6.07, 6.45) is 3.59. The van der Waals surface area contributed by atoms with Crippen LogP contribution in [0.1, 0.15) is 31.0 Å². The lowest BCUT2D eigenvalue weighted by atomic mass is 10.1. The maximum Gasteiger partial charge on any atom is 0.107 e.